The molecule has 14 heteroatoms. The van der Waals surface area contributed by atoms with Gasteiger partial charge in [0.1, 0.15) is 30.5 Å². The smallest absolute Gasteiger partial charge is 0.341 e. The SMILES string of the molecule is CC(=O)O[C@H]1C2C([C@@H](O)[C@@H](N)[C@H]3C[C@@H]4O[C@@H]4[C@H](O)[C@]23C)[C@@H]2[C@@H](OC(=O)C3CC3)CC3[C@H]([C@H](C)[C@H]4O[C@]45OC(=O)[C@@](C)(O)[C@]35C)[C@@]2(C)[C@H]1OC(C)=O. The van der Waals surface area contributed by atoms with E-state index in [1.54, 1.807) is 6.92 Å². The molecule has 6 aliphatic carbocycles. The minimum atomic E-state index is -2.00. The van der Waals surface area contributed by atoms with Crippen molar-refractivity contribution in [2.24, 2.45) is 69.3 Å². The molecule has 9 aliphatic rings. The highest BCUT2D eigenvalue weighted by molar-refractivity contribution is 5.84. The fourth-order valence-electron chi connectivity index (χ4n) is 13.8. The summed E-state index contributed by atoms with van der Waals surface area (Å²) in [5.74, 6) is -8.39. The van der Waals surface area contributed by atoms with Crippen molar-refractivity contribution in [3.8, 4) is 0 Å². The molecular formula is C37H51NO13. The van der Waals surface area contributed by atoms with Crippen LogP contribution < -0.4 is 5.73 Å². The molecular weight excluding hydrogens is 666 g/mol. The van der Waals surface area contributed by atoms with Crippen molar-refractivity contribution >= 4 is 23.9 Å². The van der Waals surface area contributed by atoms with Crippen LogP contribution in [-0.2, 0) is 47.6 Å². The number of nitrogens with two attached hydrogens (primary N) is 1. The van der Waals surface area contributed by atoms with E-state index in [1.807, 2.05) is 20.8 Å². The van der Waals surface area contributed by atoms with Gasteiger partial charge in [-0.2, -0.15) is 0 Å². The van der Waals surface area contributed by atoms with Crippen LogP contribution in [0.3, 0.4) is 0 Å². The van der Waals surface area contributed by atoms with Crippen molar-refractivity contribution in [3.05, 3.63) is 0 Å². The van der Waals surface area contributed by atoms with Gasteiger partial charge in [-0.25, -0.2) is 4.79 Å². The number of epoxide rings is 2. The van der Waals surface area contributed by atoms with E-state index in [0.717, 1.165) is 0 Å². The van der Waals surface area contributed by atoms with Crippen LogP contribution in [0.25, 0.3) is 0 Å². The van der Waals surface area contributed by atoms with E-state index in [0.29, 0.717) is 19.3 Å². The summed E-state index contributed by atoms with van der Waals surface area (Å²) in [4.78, 5) is 53.6. The van der Waals surface area contributed by atoms with Crippen molar-refractivity contribution in [3.63, 3.8) is 0 Å². The zero-order valence-corrected chi connectivity index (χ0v) is 30.1. The third kappa shape index (κ3) is 3.94. The molecule has 9 rings (SSSR count). The number of rotatable bonds is 4. The molecule has 1 spiro atoms. The van der Waals surface area contributed by atoms with Gasteiger partial charge in [-0.3, -0.25) is 14.4 Å². The van der Waals surface area contributed by atoms with Crippen LogP contribution in [0.5, 0.6) is 0 Å². The van der Waals surface area contributed by atoms with Crippen molar-refractivity contribution in [1.82, 2.24) is 0 Å². The minimum Gasteiger partial charge on any atom is -0.462 e. The highest BCUT2D eigenvalue weighted by Crippen LogP contribution is 2.79. The zero-order valence-electron chi connectivity index (χ0n) is 30.1. The third-order valence-electron chi connectivity index (χ3n) is 16.2. The van der Waals surface area contributed by atoms with Gasteiger partial charge in [-0.1, -0.05) is 20.8 Å². The lowest BCUT2D eigenvalue weighted by atomic mass is 9.34. The molecule has 6 saturated carbocycles. The Bertz CT molecular complexity index is 1600. The topological polar surface area (TPSA) is 217 Å². The molecule has 3 heterocycles. The van der Waals surface area contributed by atoms with E-state index in [1.165, 1.54) is 20.8 Å². The first-order valence-electron chi connectivity index (χ1n) is 18.7. The van der Waals surface area contributed by atoms with Crippen LogP contribution in [-0.4, -0.2) is 105 Å². The van der Waals surface area contributed by atoms with E-state index >= 15 is 0 Å². The molecule has 5 N–H and O–H groups in total. The molecule has 0 aromatic heterocycles. The lowest BCUT2D eigenvalue weighted by molar-refractivity contribution is -0.325. The van der Waals surface area contributed by atoms with Crippen molar-refractivity contribution < 1.29 is 62.9 Å². The molecule has 3 aliphatic heterocycles. The van der Waals surface area contributed by atoms with E-state index in [9.17, 15) is 34.5 Å². The number of hydrogen-bond acceptors (Lipinski definition) is 14. The largest absolute Gasteiger partial charge is 0.462 e. The molecule has 3 unspecified atom stereocenters. The molecule has 0 radical (unpaired) electrons. The predicted octanol–water partition coefficient (Wildman–Crippen LogP) is 0.591. The summed E-state index contributed by atoms with van der Waals surface area (Å²) in [6.45, 7) is 11.6. The zero-order chi connectivity index (χ0) is 36.7. The van der Waals surface area contributed by atoms with Crippen molar-refractivity contribution in [2.75, 3.05) is 0 Å². The van der Waals surface area contributed by atoms with Gasteiger partial charge in [0.2, 0.25) is 5.79 Å². The summed E-state index contributed by atoms with van der Waals surface area (Å²) < 4.78 is 37.3. The number of aliphatic hydroxyl groups is 3. The van der Waals surface area contributed by atoms with Gasteiger partial charge in [-0.15, -0.1) is 0 Å². The Labute approximate surface area is 296 Å². The number of ether oxygens (including phenoxy) is 6. The quantitative estimate of drug-likeness (QED) is 0.178. The Morgan fingerprint density at radius 2 is 1.57 bits per heavy atom. The van der Waals surface area contributed by atoms with E-state index in [4.69, 9.17) is 34.2 Å². The van der Waals surface area contributed by atoms with Crippen LogP contribution in [0.15, 0.2) is 0 Å². The van der Waals surface area contributed by atoms with Gasteiger partial charge >= 0.3 is 23.9 Å². The van der Waals surface area contributed by atoms with Gasteiger partial charge in [0, 0.05) is 48.5 Å². The monoisotopic (exact) mass is 717 g/mol. The Balaban J connectivity index is 1.29. The Morgan fingerprint density at radius 1 is 0.902 bits per heavy atom. The van der Waals surface area contributed by atoms with Gasteiger partial charge in [0.05, 0.1) is 29.6 Å². The molecule has 3 saturated heterocycles. The van der Waals surface area contributed by atoms with Gasteiger partial charge in [0.25, 0.3) is 0 Å². The summed E-state index contributed by atoms with van der Waals surface area (Å²) in [6.07, 6.45) is -4.74. The first-order chi connectivity index (χ1) is 23.8. The molecule has 0 amide bonds. The van der Waals surface area contributed by atoms with Crippen molar-refractivity contribution in [2.45, 2.75) is 140 Å². The number of aliphatic hydroxyl groups excluding tert-OH is 2. The van der Waals surface area contributed by atoms with Crippen LogP contribution >= 0.6 is 0 Å². The van der Waals surface area contributed by atoms with Gasteiger partial charge < -0.3 is 49.5 Å². The maximum Gasteiger partial charge on any atom is 0.341 e. The highest BCUT2D eigenvalue weighted by atomic mass is 16.8. The molecule has 0 aromatic rings. The van der Waals surface area contributed by atoms with E-state index < -0.39 is 130 Å². The van der Waals surface area contributed by atoms with Crippen LogP contribution in [0.2, 0.25) is 0 Å². The minimum absolute atomic E-state index is 0.182. The molecule has 21 atom stereocenters. The second-order valence-electron chi connectivity index (χ2n) is 18.3. The summed E-state index contributed by atoms with van der Waals surface area (Å²) in [5, 5.41) is 36.7. The first-order valence-corrected chi connectivity index (χ1v) is 18.7. The van der Waals surface area contributed by atoms with Gasteiger partial charge in [-0.05, 0) is 63.2 Å². The number of hydrogen-bond donors (Lipinski definition) is 4. The van der Waals surface area contributed by atoms with E-state index in [-0.39, 0.29) is 30.3 Å². The Morgan fingerprint density at radius 3 is 2.20 bits per heavy atom. The third-order valence-corrected chi connectivity index (χ3v) is 16.2. The lowest BCUT2D eigenvalue weighted by Gasteiger charge is -2.72. The maximum absolute atomic E-state index is 13.7. The summed E-state index contributed by atoms with van der Waals surface area (Å²) in [6, 6.07) is -0.816. The lowest BCUT2D eigenvalue weighted by Crippen LogP contribution is -2.80. The second kappa shape index (κ2) is 10.2. The van der Waals surface area contributed by atoms with Crippen LogP contribution in [0.4, 0.5) is 0 Å². The number of carbonyl (C=O) groups excluding carboxylic acids is 4. The van der Waals surface area contributed by atoms with Crippen molar-refractivity contribution in [1.29, 1.82) is 0 Å². The Hall–Kier alpha value is -2.36. The molecule has 0 aromatic carbocycles. The number of carbonyl (C=O) groups is 4. The normalized spacial score (nSPS) is 59.9. The maximum atomic E-state index is 13.7. The molecule has 282 valence electrons. The number of fused-ring (bicyclic) bond motifs is 9. The fraction of sp³-hybridized carbons (Fsp3) is 0.892. The average molecular weight is 718 g/mol. The highest BCUT2D eigenvalue weighted by Gasteiger charge is 2.91. The fourth-order valence-corrected chi connectivity index (χ4v) is 13.8. The average Bonchev–Trinajstić information content (AvgIpc) is 3.91. The Kier molecular flexibility index (Phi) is 6.90. The van der Waals surface area contributed by atoms with E-state index in [2.05, 4.69) is 0 Å². The van der Waals surface area contributed by atoms with Crippen LogP contribution in [0.1, 0.15) is 74.1 Å². The standard InChI is InChI=1S/C37H51NO13/c1-12-21-16(35(6)36(7,45)32(44)51-37(35)29(12)50-37)10-18(49-31(43)15-8-9-15)22-20-23(27(46-13(2)39)30(34(21,22)5)47-14(3)40)33(4)17(24(38)25(20)41)11-19-26(48-19)28(33)42/h12,15-30,41-42,45H,8-11,38H2,1-7H3/t12-,16?,17+,18-,19-,20?,21-,22-,23?,24-,25+,26-,27-,28-,29+,30-,33-,34+,35-,36+,37-/m0/s1. The molecule has 0 bridgehead atoms. The molecule has 51 heavy (non-hydrogen) atoms. The van der Waals surface area contributed by atoms with Gasteiger partial charge in [0.15, 0.2) is 5.60 Å². The molecule has 9 fully saturated rings. The predicted molar refractivity (Wildman–Crippen MR) is 170 cm³/mol. The molecule has 14 nitrogen and oxygen atoms in total. The second-order valence-corrected chi connectivity index (χ2v) is 18.3. The first kappa shape index (κ1) is 34.4. The summed E-state index contributed by atoms with van der Waals surface area (Å²) in [5.41, 5.74) is 1.38. The summed E-state index contributed by atoms with van der Waals surface area (Å²) >= 11 is 0. The van der Waals surface area contributed by atoms with Crippen LogP contribution in [0, 0.1) is 63.6 Å². The number of esters is 4. The summed E-state index contributed by atoms with van der Waals surface area (Å²) in [7, 11) is 0.